The molecule has 0 saturated carbocycles. The monoisotopic (exact) mass is 310 g/mol. The van der Waals surface area contributed by atoms with Gasteiger partial charge in [0.1, 0.15) is 12.4 Å². The summed E-state index contributed by atoms with van der Waals surface area (Å²) in [5.41, 5.74) is 4.52. The highest BCUT2D eigenvalue weighted by Crippen LogP contribution is 2.14. The molecule has 0 fully saturated rings. The minimum Gasteiger partial charge on any atom is -0.489 e. The van der Waals surface area contributed by atoms with E-state index in [1.165, 1.54) is 0 Å². The summed E-state index contributed by atoms with van der Waals surface area (Å²) in [5, 5.41) is 3.97. The molecule has 0 spiro atoms. The van der Waals surface area contributed by atoms with Gasteiger partial charge in [0.15, 0.2) is 0 Å². The normalized spacial score (nSPS) is 10.9. The molecule has 4 heteroatoms. The van der Waals surface area contributed by atoms with Crippen LogP contribution in [0.1, 0.15) is 31.4 Å². The van der Waals surface area contributed by atoms with Crippen LogP contribution in [0.5, 0.6) is 5.75 Å². The van der Waals surface area contributed by atoms with Gasteiger partial charge in [0.05, 0.1) is 6.21 Å². The first kappa shape index (κ1) is 16.7. The van der Waals surface area contributed by atoms with Gasteiger partial charge < -0.3 is 4.74 Å². The largest absolute Gasteiger partial charge is 0.489 e. The van der Waals surface area contributed by atoms with Crippen LogP contribution in [0.25, 0.3) is 0 Å². The molecular formula is C19H22N2O2. The van der Waals surface area contributed by atoms with Crippen LogP contribution in [0.3, 0.4) is 0 Å². The Balaban J connectivity index is 1.88. The van der Waals surface area contributed by atoms with E-state index in [-0.39, 0.29) is 5.91 Å². The van der Waals surface area contributed by atoms with E-state index in [9.17, 15) is 4.79 Å². The van der Waals surface area contributed by atoms with E-state index in [1.807, 2.05) is 68.4 Å². The number of hydrogen-bond acceptors (Lipinski definition) is 3. The maximum absolute atomic E-state index is 11.5. The first-order valence-electron chi connectivity index (χ1n) is 7.72. The fourth-order valence-corrected chi connectivity index (χ4v) is 2.02. The lowest BCUT2D eigenvalue weighted by atomic mass is 10.1. The molecule has 1 amide bonds. The zero-order valence-corrected chi connectivity index (χ0v) is 13.5. The number of ether oxygens (including phenoxy) is 1. The molecule has 23 heavy (non-hydrogen) atoms. The van der Waals surface area contributed by atoms with Gasteiger partial charge in [-0.2, -0.15) is 5.10 Å². The third-order valence-corrected chi connectivity index (χ3v) is 3.10. The molecule has 2 aromatic carbocycles. The van der Waals surface area contributed by atoms with Crippen molar-refractivity contribution in [1.82, 2.24) is 5.43 Å². The predicted molar refractivity (Wildman–Crippen MR) is 92.4 cm³/mol. The molecule has 0 aliphatic rings. The van der Waals surface area contributed by atoms with Crippen molar-refractivity contribution in [3.05, 3.63) is 65.7 Å². The standard InChI is InChI=1S/C19H22N2O2/c1-15(2)11-19(22)21-20-13-17-9-6-10-18(12-17)23-14-16-7-4-3-5-8-16/h3-10,12-13,15H,11,14H2,1-2H3,(H,21,22)/b20-13+. The highest BCUT2D eigenvalue weighted by molar-refractivity contribution is 5.82. The van der Waals surface area contributed by atoms with Gasteiger partial charge in [0.2, 0.25) is 5.91 Å². The number of benzene rings is 2. The van der Waals surface area contributed by atoms with Crippen molar-refractivity contribution in [2.45, 2.75) is 26.9 Å². The van der Waals surface area contributed by atoms with E-state index < -0.39 is 0 Å². The summed E-state index contributed by atoms with van der Waals surface area (Å²) in [7, 11) is 0. The van der Waals surface area contributed by atoms with Crippen molar-refractivity contribution in [3.63, 3.8) is 0 Å². The maximum atomic E-state index is 11.5. The van der Waals surface area contributed by atoms with Gasteiger partial charge in [-0.15, -0.1) is 0 Å². The molecular weight excluding hydrogens is 288 g/mol. The van der Waals surface area contributed by atoms with Crippen LogP contribution in [-0.2, 0) is 11.4 Å². The molecule has 0 aliphatic carbocycles. The van der Waals surface area contributed by atoms with Crippen molar-refractivity contribution in [1.29, 1.82) is 0 Å². The van der Waals surface area contributed by atoms with Gasteiger partial charge in [0, 0.05) is 6.42 Å². The SMILES string of the molecule is CC(C)CC(=O)N/N=C/c1cccc(OCc2ccccc2)c1. The highest BCUT2D eigenvalue weighted by atomic mass is 16.5. The molecule has 0 atom stereocenters. The summed E-state index contributed by atoms with van der Waals surface area (Å²) in [4.78, 5) is 11.5. The molecule has 0 bridgehead atoms. The fourth-order valence-electron chi connectivity index (χ4n) is 2.02. The number of carbonyl (C=O) groups excluding carboxylic acids is 1. The Labute approximate surface area is 137 Å². The lowest BCUT2D eigenvalue weighted by Crippen LogP contribution is -2.19. The Morgan fingerprint density at radius 3 is 2.70 bits per heavy atom. The molecule has 0 aromatic heterocycles. The summed E-state index contributed by atoms with van der Waals surface area (Å²) in [6, 6.07) is 17.6. The van der Waals surface area contributed by atoms with Crippen molar-refractivity contribution in [2.24, 2.45) is 11.0 Å². The molecule has 1 N–H and O–H groups in total. The molecule has 0 radical (unpaired) electrons. The predicted octanol–water partition coefficient (Wildman–Crippen LogP) is 3.76. The number of hydrogen-bond donors (Lipinski definition) is 1. The topological polar surface area (TPSA) is 50.7 Å². The third-order valence-electron chi connectivity index (χ3n) is 3.10. The summed E-state index contributed by atoms with van der Waals surface area (Å²) < 4.78 is 5.76. The van der Waals surface area contributed by atoms with Gasteiger partial charge in [-0.05, 0) is 29.2 Å². The minimum atomic E-state index is -0.0762. The summed E-state index contributed by atoms with van der Waals surface area (Å²) in [6.45, 7) is 4.51. The molecule has 0 saturated heterocycles. The average Bonchev–Trinajstić information content (AvgIpc) is 2.54. The van der Waals surface area contributed by atoms with Crippen molar-refractivity contribution >= 4 is 12.1 Å². The Kier molecular flexibility index (Phi) is 6.36. The van der Waals surface area contributed by atoms with E-state index in [4.69, 9.17) is 4.74 Å². The maximum Gasteiger partial charge on any atom is 0.240 e. The molecule has 4 nitrogen and oxygen atoms in total. The van der Waals surface area contributed by atoms with Gasteiger partial charge >= 0.3 is 0 Å². The zero-order valence-electron chi connectivity index (χ0n) is 13.5. The van der Waals surface area contributed by atoms with Crippen LogP contribution in [-0.4, -0.2) is 12.1 Å². The Bertz CT molecular complexity index is 651. The van der Waals surface area contributed by atoms with Crippen LogP contribution in [0.15, 0.2) is 59.7 Å². The zero-order chi connectivity index (χ0) is 16.5. The lowest BCUT2D eigenvalue weighted by molar-refractivity contribution is -0.121. The number of nitrogens with one attached hydrogen (secondary N) is 1. The van der Waals surface area contributed by atoms with Crippen molar-refractivity contribution < 1.29 is 9.53 Å². The van der Waals surface area contributed by atoms with Crippen LogP contribution in [0.2, 0.25) is 0 Å². The highest BCUT2D eigenvalue weighted by Gasteiger charge is 2.02. The smallest absolute Gasteiger partial charge is 0.240 e. The van der Waals surface area contributed by atoms with E-state index in [1.54, 1.807) is 6.21 Å². The van der Waals surface area contributed by atoms with Crippen LogP contribution >= 0.6 is 0 Å². The van der Waals surface area contributed by atoms with Gasteiger partial charge in [0.25, 0.3) is 0 Å². The van der Waals surface area contributed by atoms with Crippen LogP contribution in [0, 0.1) is 5.92 Å². The molecule has 120 valence electrons. The second-order valence-electron chi connectivity index (χ2n) is 5.74. The van der Waals surface area contributed by atoms with E-state index in [0.717, 1.165) is 16.9 Å². The number of hydrazone groups is 1. The summed E-state index contributed by atoms with van der Waals surface area (Å²) >= 11 is 0. The van der Waals surface area contributed by atoms with Crippen molar-refractivity contribution in [3.8, 4) is 5.75 Å². The quantitative estimate of drug-likeness (QED) is 0.625. The van der Waals surface area contributed by atoms with Crippen LogP contribution in [0.4, 0.5) is 0 Å². The molecule has 2 rings (SSSR count). The number of rotatable bonds is 7. The fraction of sp³-hybridized carbons (Fsp3) is 0.263. The lowest BCUT2D eigenvalue weighted by Gasteiger charge is -2.07. The molecule has 0 aliphatic heterocycles. The number of carbonyl (C=O) groups is 1. The molecule has 0 unspecified atom stereocenters. The first-order valence-corrected chi connectivity index (χ1v) is 7.72. The van der Waals surface area contributed by atoms with Gasteiger partial charge in [-0.25, -0.2) is 5.43 Å². The third kappa shape index (κ3) is 6.34. The van der Waals surface area contributed by atoms with Gasteiger partial charge in [-0.3, -0.25) is 4.79 Å². The Hall–Kier alpha value is -2.62. The Morgan fingerprint density at radius 2 is 1.96 bits per heavy atom. The number of amides is 1. The molecule has 2 aromatic rings. The van der Waals surface area contributed by atoms with E-state index >= 15 is 0 Å². The second kappa shape index (κ2) is 8.73. The second-order valence-corrected chi connectivity index (χ2v) is 5.74. The Morgan fingerprint density at radius 1 is 1.17 bits per heavy atom. The number of nitrogens with zero attached hydrogens (tertiary/aromatic N) is 1. The minimum absolute atomic E-state index is 0.0762. The van der Waals surface area contributed by atoms with Crippen molar-refractivity contribution in [2.75, 3.05) is 0 Å². The van der Waals surface area contributed by atoms with E-state index in [2.05, 4.69) is 10.5 Å². The average molecular weight is 310 g/mol. The molecule has 0 heterocycles. The van der Waals surface area contributed by atoms with Crippen LogP contribution < -0.4 is 10.2 Å². The van der Waals surface area contributed by atoms with E-state index in [0.29, 0.717) is 18.9 Å². The first-order chi connectivity index (χ1) is 11.1. The summed E-state index contributed by atoms with van der Waals surface area (Å²) in [6.07, 6.45) is 2.09. The summed E-state index contributed by atoms with van der Waals surface area (Å²) in [5.74, 6) is 1.01. The van der Waals surface area contributed by atoms with Gasteiger partial charge in [-0.1, -0.05) is 56.3 Å².